The summed E-state index contributed by atoms with van der Waals surface area (Å²) in [7, 11) is 0. The quantitative estimate of drug-likeness (QED) is 0.389. The van der Waals surface area contributed by atoms with Crippen LogP contribution in [0.4, 0.5) is 0 Å². The number of hydrogen-bond acceptors (Lipinski definition) is 3. The van der Waals surface area contributed by atoms with E-state index in [-0.39, 0.29) is 0 Å². The van der Waals surface area contributed by atoms with E-state index in [4.69, 9.17) is 10.7 Å². The summed E-state index contributed by atoms with van der Waals surface area (Å²) in [4.78, 5) is 2.39. The van der Waals surface area contributed by atoms with Crippen LogP contribution in [0.5, 0.6) is 0 Å². The predicted octanol–water partition coefficient (Wildman–Crippen LogP) is 10.2. The molecule has 0 atom stereocenters. The summed E-state index contributed by atoms with van der Waals surface area (Å²) in [5, 5.41) is 14.5. The van der Waals surface area contributed by atoms with Gasteiger partial charge in [-0.2, -0.15) is 5.26 Å². The van der Waals surface area contributed by atoms with Crippen molar-refractivity contribution in [3.63, 3.8) is 0 Å². The lowest BCUT2D eigenvalue weighted by Gasteiger charge is -2.43. The van der Waals surface area contributed by atoms with E-state index >= 15 is 0 Å². The van der Waals surface area contributed by atoms with Crippen molar-refractivity contribution in [2.75, 3.05) is 13.1 Å². The van der Waals surface area contributed by atoms with Gasteiger partial charge in [0, 0.05) is 30.3 Å². The van der Waals surface area contributed by atoms with Crippen LogP contribution in [0.3, 0.4) is 0 Å². The van der Waals surface area contributed by atoms with Gasteiger partial charge in [0.05, 0.1) is 11.6 Å². The second kappa shape index (κ2) is 18.2. The zero-order valence-corrected chi connectivity index (χ0v) is 26.0. The van der Waals surface area contributed by atoms with E-state index < -0.39 is 0 Å². The van der Waals surface area contributed by atoms with E-state index in [0.717, 1.165) is 30.3 Å². The molecule has 1 N–H and O–H groups in total. The van der Waals surface area contributed by atoms with Gasteiger partial charge in [0.15, 0.2) is 0 Å². The summed E-state index contributed by atoms with van der Waals surface area (Å²) in [6.45, 7) is 30.0. The molecule has 2 fully saturated rings. The van der Waals surface area contributed by atoms with Crippen molar-refractivity contribution in [3.8, 4) is 6.07 Å². The zero-order valence-electron chi connectivity index (χ0n) is 26.0. The van der Waals surface area contributed by atoms with Crippen LogP contribution in [0.2, 0.25) is 0 Å². The Balaban J connectivity index is 0.00000157. The molecule has 1 aliphatic heterocycles. The smallest absolute Gasteiger partial charge is 0.0991 e. The van der Waals surface area contributed by atoms with Crippen LogP contribution < -0.4 is 0 Å². The number of hydrogen-bond donors (Lipinski definition) is 1. The fraction of sp³-hybridized carbons (Fsp3) is 0.486. The number of rotatable bonds is 6. The molecule has 4 rings (SSSR count). The van der Waals surface area contributed by atoms with Gasteiger partial charge in [0.25, 0.3) is 0 Å². The average molecular weight is 516 g/mol. The Bertz CT molecular complexity index is 1060. The summed E-state index contributed by atoms with van der Waals surface area (Å²) < 4.78 is 0. The minimum atomic E-state index is 0.516. The van der Waals surface area contributed by atoms with Crippen LogP contribution in [0, 0.1) is 36.5 Å². The molecule has 1 saturated carbocycles. The SMILES string of the molecule is C=C(c1cc(/C(C)=C(\C)CC2CC2)c(C)cc1C)N1CC(c2ccc(C#N)cc2)C1.C=N.CC.CC.CC. The number of nitriles is 1. The highest BCUT2D eigenvalue weighted by Gasteiger charge is 2.30. The summed E-state index contributed by atoms with van der Waals surface area (Å²) in [5.41, 5.74) is 11.4. The monoisotopic (exact) mass is 515 g/mol. The van der Waals surface area contributed by atoms with Gasteiger partial charge < -0.3 is 10.3 Å². The highest BCUT2D eigenvalue weighted by Crippen LogP contribution is 2.39. The number of allylic oxidation sites excluding steroid dienone is 2. The van der Waals surface area contributed by atoms with Crippen LogP contribution in [0.15, 0.2) is 48.6 Å². The van der Waals surface area contributed by atoms with E-state index in [0.29, 0.717) is 5.92 Å². The normalized spacial score (nSPS) is 14.2. The van der Waals surface area contributed by atoms with Crippen molar-refractivity contribution < 1.29 is 0 Å². The molecule has 0 radical (unpaired) electrons. The van der Waals surface area contributed by atoms with Gasteiger partial charge in [0.2, 0.25) is 0 Å². The number of likely N-dealkylation sites (tertiary alicyclic amines) is 1. The summed E-state index contributed by atoms with van der Waals surface area (Å²) >= 11 is 0. The maximum Gasteiger partial charge on any atom is 0.0991 e. The Morgan fingerprint density at radius 1 is 0.895 bits per heavy atom. The van der Waals surface area contributed by atoms with E-state index in [9.17, 15) is 0 Å². The van der Waals surface area contributed by atoms with E-state index in [2.05, 4.69) is 76.2 Å². The third-order valence-corrected chi connectivity index (χ3v) is 6.99. The predicted molar refractivity (Wildman–Crippen MR) is 170 cm³/mol. The molecule has 0 spiro atoms. The Morgan fingerprint density at radius 2 is 1.39 bits per heavy atom. The van der Waals surface area contributed by atoms with Gasteiger partial charge in [-0.25, -0.2) is 0 Å². The van der Waals surface area contributed by atoms with Crippen molar-refractivity contribution in [1.29, 1.82) is 10.7 Å². The Labute approximate surface area is 234 Å². The molecule has 3 nitrogen and oxygen atoms in total. The first-order valence-electron chi connectivity index (χ1n) is 14.4. The molecule has 2 aromatic carbocycles. The first kappa shape index (κ1) is 34.9. The van der Waals surface area contributed by atoms with Crippen LogP contribution in [-0.2, 0) is 0 Å². The first-order valence-corrected chi connectivity index (χ1v) is 14.4. The minimum Gasteiger partial charge on any atom is -0.370 e. The van der Waals surface area contributed by atoms with Gasteiger partial charge in [0.1, 0.15) is 0 Å². The zero-order chi connectivity index (χ0) is 29.4. The molecule has 3 heteroatoms. The highest BCUT2D eigenvalue weighted by atomic mass is 15.2. The van der Waals surface area contributed by atoms with Gasteiger partial charge in [-0.15, -0.1) is 0 Å². The van der Waals surface area contributed by atoms with Crippen LogP contribution >= 0.6 is 0 Å². The third-order valence-electron chi connectivity index (χ3n) is 6.99. The second-order valence-electron chi connectivity index (χ2n) is 9.32. The van der Waals surface area contributed by atoms with Crippen molar-refractivity contribution in [2.24, 2.45) is 5.92 Å². The fourth-order valence-corrected chi connectivity index (χ4v) is 4.62. The maximum atomic E-state index is 8.99. The maximum absolute atomic E-state index is 8.99. The lowest BCUT2D eigenvalue weighted by Crippen LogP contribution is -2.43. The van der Waals surface area contributed by atoms with Crippen molar-refractivity contribution in [1.82, 2.24) is 4.90 Å². The molecule has 2 aromatic rings. The molecule has 0 bridgehead atoms. The third kappa shape index (κ3) is 9.32. The molecule has 0 unspecified atom stereocenters. The van der Waals surface area contributed by atoms with Gasteiger partial charge >= 0.3 is 0 Å². The Hall–Kier alpha value is -3.12. The van der Waals surface area contributed by atoms with Gasteiger partial charge in [-0.3, -0.25) is 0 Å². The van der Waals surface area contributed by atoms with Crippen LogP contribution in [-0.4, -0.2) is 24.7 Å². The van der Waals surface area contributed by atoms with Crippen LogP contribution in [0.25, 0.3) is 11.3 Å². The lowest BCUT2D eigenvalue weighted by atomic mass is 9.87. The minimum absolute atomic E-state index is 0.516. The Morgan fingerprint density at radius 3 is 1.87 bits per heavy atom. The molecule has 1 heterocycles. The van der Waals surface area contributed by atoms with E-state index in [1.807, 2.05) is 53.7 Å². The summed E-state index contributed by atoms with van der Waals surface area (Å²) in [6.07, 6.45) is 4.04. The largest absolute Gasteiger partial charge is 0.370 e. The fourth-order valence-electron chi connectivity index (χ4n) is 4.62. The molecule has 208 valence electrons. The van der Waals surface area contributed by atoms with E-state index in [1.54, 1.807) is 0 Å². The number of nitrogens with zero attached hydrogens (tertiary/aromatic N) is 2. The summed E-state index contributed by atoms with van der Waals surface area (Å²) in [5.74, 6) is 1.43. The van der Waals surface area contributed by atoms with Crippen molar-refractivity contribution >= 4 is 18.0 Å². The van der Waals surface area contributed by atoms with Crippen molar-refractivity contribution in [2.45, 2.75) is 94.4 Å². The number of nitrogens with one attached hydrogen (secondary N) is 1. The topological polar surface area (TPSA) is 50.9 Å². The molecular formula is C35H53N3. The summed E-state index contributed by atoms with van der Waals surface area (Å²) in [6, 6.07) is 14.9. The molecule has 0 aromatic heterocycles. The van der Waals surface area contributed by atoms with Crippen molar-refractivity contribution in [3.05, 3.63) is 81.9 Å². The molecule has 2 aliphatic rings. The Kier molecular flexibility index (Phi) is 16.7. The molecule has 1 aliphatic carbocycles. The van der Waals surface area contributed by atoms with Gasteiger partial charge in [-0.1, -0.05) is 71.9 Å². The highest BCUT2D eigenvalue weighted by molar-refractivity contribution is 5.75. The van der Waals surface area contributed by atoms with Crippen LogP contribution in [0.1, 0.15) is 114 Å². The average Bonchev–Trinajstić information content (AvgIpc) is 3.76. The lowest BCUT2D eigenvalue weighted by molar-refractivity contribution is 0.237. The molecule has 1 saturated heterocycles. The standard InChI is InChI=1S/C28H32N2.3C2H6.CH3N/c1-18(13-23-6-7-23)21(4)27-14-28(20(3)12-19(27)2)22(5)30-16-26(17-30)25-10-8-24(15-29)9-11-25;4*1-2/h8-12,14,23,26H,5-7,13,16-17H2,1-4H3;3*1-2H3;2H,1H2/b21-18+;;;;. The van der Waals surface area contributed by atoms with Gasteiger partial charge in [-0.05, 0) is 106 Å². The number of aryl methyl sites for hydroxylation is 2. The first-order chi connectivity index (χ1) is 18.4. The van der Waals surface area contributed by atoms with E-state index in [1.165, 1.54) is 58.2 Å². The second-order valence-corrected chi connectivity index (χ2v) is 9.32. The molecule has 0 amide bonds. The number of benzene rings is 2. The molecular weight excluding hydrogens is 462 g/mol. The molecule has 38 heavy (non-hydrogen) atoms.